The molecule has 2 rings (SSSR count). The van der Waals surface area contributed by atoms with Crippen LogP contribution in [0.25, 0.3) is 0 Å². The molecule has 0 bridgehead atoms. The molecule has 2 unspecified atom stereocenters. The molecule has 1 aliphatic heterocycles. The summed E-state index contributed by atoms with van der Waals surface area (Å²) >= 11 is 0. The first-order valence-corrected chi connectivity index (χ1v) is 7.10. The van der Waals surface area contributed by atoms with Crippen LogP contribution in [0.1, 0.15) is 26.7 Å². The van der Waals surface area contributed by atoms with Gasteiger partial charge in [0.2, 0.25) is 5.91 Å². The zero-order valence-corrected chi connectivity index (χ0v) is 12.1. The van der Waals surface area contributed by atoms with Gasteiger partial charge in [-0.3, -0.25) is 4.79 Å². The standard InChI is InChI=1S/C15H23N3O2/c1-3-20-14-7-12(16)6-13(8-14)18-9-11(15(17)19)5-4-10(18)2/h6-8,10-11H,3-5,9,16H2,1-2H3,(H2,17,19). The van der Waals surface area contributed by atoms with Gasteiger partial charge < -0.3 is 21.1 Å². The van der Waals surface area contributed by atoms with Gasteiger partial charge in [-0.15, -0.1) is 0 Å². The molecule has 5 heteroatoms. The number of ether oxygens (including phenoxy) is 1. The van der Waals surface area contributed by atoms with Crippen molar-refractivity contribution in [1.82, 2.24) is 0 Å². The molecular formula is C15H23N3O2. The summed E-state index contributed by atoms with van der Waals surface area (Å²) < 4.78 is 5.53. The van der Waals surface area contributed by atoms with Crippen molar-refractivity contribution in [2.24, 2.45) is 11.7 Å². The van der Waals surface area contributed by atoms with Crippen molar-refractivity contribution in [3.05, 3.63) is 18.2 Å². The largest absolute Gasteiger partial charge is 0.494 e. The number of piperidine rings is 1. The SMILES string of the molecule is CCOc1cc(N)cc(N2CC(C(N)=O)CCC2C)c1. The van der Waals surface area contributed by atoms with E-state index in [4.69, 9.17) is 16.2 Å². The molecular weight excluding hydrogens is 254 g/mol. The third kappa shape index (κ3) is 3.15. The third-order valence-corrected chi connectivity index (χ3v) is 3.84. The van der Waals surface area contributed by atoms with Crippen LogP contribution in [0.5, 0.6) is 5.75 Å². The fourth-order valence-electron chi connectivity index (χ4n) is 2.72. The first kappa shape index (κ1) is 14.5. The van der Waals surface area contributed by atoms with Crippen LogP contribution in [0.3, 0.4) is 0 Å². The zero-order chi connectivity index (χ0) is 14.7. The molecule has 1 aromatic carbocycles. The first-order valence-electron chi connectivity index (χ1n) is 7.10. The highest BCUT2D eigenvalue weighted by Crippen LogP contribution is 2.31. The molecule has 0 aliphatic carbocycles. The Balaban J connectivity index is 2.26. The highest BCUT2D eigenvalue weighted by atomic mass is 16.5. The Morgan fingerprint density at radius 3 is 2.80 bits per heavy atom. The van der Waals surface area contributed by atoms with Gasteiger partial charge >= 0.3 is 0 Å². The van der Waals surface area contributed by atoms with Crippen LogP contribution in [-0.2, 0) is 4.79 Å². The molecule has 0 aromatic heterocycles. The Morgan fingerprint density at radius 1 is 1.40 bits per heavy atom. The Bertz CT molecular complexity index is 490. The van der Waals surface area contributed by atoms with E-state index in [1.807, 2.05) is 25.1 Å². The topological polar surface area (TPSA) is 81.6 Å². The fraction of sp³-hybridized carbons (Fsp3) is 0.533. The van der Waals surface area contributed by atoms with E-state index in [0.29, 0.717) is 24.9 Å². The van der Waals surface area contributed by atoms with E-state index in [-0.39, 0.29) is 11.8 Å². The molecule has 20 heavy (non-hydrogen) atoms. The van der Waals surface area contributed by atoms with Crippen molar-refractivity contribution in [3.63, 3.8) is 0 Å². The minimum atomic E-state index is -0.226. The molecule has 4 N–H and O–H groups in total. The average Bonchev–Trinajstić information content (AvgIpc) is 2.38. The van der Waals surface area contributed by atoms with E-state index in [9.17, 15) is 4.79 Å². The summed E-state index contributed by atoms with van der Waals surface area (Å²) in [6.07, 6.45) is 1.81. The molecule has 2 atom stereocenters. The van der Waals surface area contributed by atoms with Gasteiger partial charge in [-0.25, -0.2) is 0 Å². The Labute approximate surface area is 119 Å². The summed E-state index contributed by atoms with van der Waals surface area (Å²) in [4.78, 5) is 13.6. The van der Waals surface area contributed by atoms with E-state index in [1.165, 1.54) is 0 Å². The smallest absolute Gasteiger partial charge is 0.222 e. The van der Waals surface area contributed by atoms with Crippen LogP contribution in [0.15, 0.2) is 18.2 Å². The van der Waals surface area contributed by atoms with E-state index in [2.05, 4.69) is 11.8 Å². The molecule has 1 aromatic rings. The van der Waals surface area contributed by atoms with Crippen LogP contribution >= 0.6 is 0 Å². The van der Waals surface area contributed by atoms with Crippen molar-refractivity contribution in [3.8, 4) is 5.75 Å². The number of anilines is 2. The molecule has 5 nitrogen and oxygen atoms in total. The van der Waals surface area contributed by atoms with Gasteiger partial charge in [0.25, 0.3) is 0 Å². The number of primary amides is 1. The summed E-state index contributed by atoms with van der Waals surface area (Å²) in [5, 5.41) is 0. The van der Waals surface area contributed by atoms with Gasteiger partial charge in [0.1, 0.15) is 5.75 Å². The fourth-order valence-corrected chi connectivity index (χ4v) is 2.72. The second kappa shape index (κ2) is 6.03. The quantitative estimate of drug-likeness (QED) is 0.822. The number of carbonyl (C=O) groups excluding carboxylic acids is 1. The van der Waals surface area contributed by atoms with Crippen LogP contribution in [0.4, 0.5) is 11.4 Å². The van der Waals surface area contributed by atoms with Gasteiger partial charge in [0.05, 0.1) is 12.5 Å². The summed E-state index contributed by atoms with van der Waals surface area (Å²) in [5.41, 5.74) is 13.0. The highest BCUT2D eigenvalue weighted by molar-refractivity contribution is 5.78. The van der Waals surface area contributed by atoms with E-state index in [0.717, 1.165) is 24.3 Å². The van der Waals surface area contributed by atoms with Crippen molar-refractivity contribution in [1.29, 1.82) is 0 Å². The molecule has 0 radical (unpaired) electrons. The highest BCUT2D eigenvalue weighted by Gasteiger charge is 2.29. The van der Waals surface area contributed by atoms with E-state index >= 15 is 0 Å². The maximum Gasteiger partial charge on any atom is 0.222 e. The van der Waals surface area contributed by atoms with Crippen LogP contribution in [-0.4, -0.2) is 25.1 Å². The van der Waals surface area contributed by atoms with Crippen LogP contribution < -0.4 is 21.1 Å². The Morgan fingerprint density at radius 2 is 2.15 bits per heavy atom. The molecule has 1 aliphatic rings. The predicted molar refractivity (Wildman–Crippen MR) is 80.7 cm³/mol. The van der Waals surface area contributed by atoms with Gasteiger partial charge in [0, 0.05) is 36.1 Å². The molecule has 1 fully saturated rings. The normalized spacial score (nSPS) is 22.6. The van der Waals surface area contributed by atoms with Gasteiger partial charge in [-0.1, -0.05) is 0 Å². The van der Waals surface area contributed by atoms with Gasteiger partial charge in [-0.2, -0.15) is 0 Å². The lowest BCUT2D eigenvalue weighted by atomic mass is 9.92. The number of amides is 1. The van der Waals surface area contributed by atoms with Crippen LogP contribution in [0, 0.1) is 5.92 Å². The lowest BCUT2D eigenvalue weighted by molar-refractivity contribution is -0.122. The number of hydrogen-bond donors (Lipinski definition) is 2. The zero-order valence-electron chi connectivity index (χ0n) is 12.1. The molecule has 110 valence electrons. The van der Waals surface area contributed by atoms with Crippen molar-refractivity contribution in [2.75, 3.05) is 23.8 Å². The van der Waals surface area contributed by atoms with Crippen molar-refractivity contribution in [2.45, 2.75) is 32.7 Å². The number of hydrogen-bond acceptors (Lipinski definition) is 4. The Hall–Kier alpha value is -1.91. The Kier molecular flexibility index (Phi) is 4.37. The van der Waals surface area contributed by atoms with Gasteiger partial charge in [-0.05, 0) is 32.8 Å². The summed E-state index contributed by atoms with van der Waals surface area (Å²) in [5.74, 6) is 0.440. The maximum atomic E-state index is 11.4. The van der Waals surface area contributed by atoms with Crippen molar-refractivity contribution < 1.29 is 9.53 Å². The number of nitrogen functional groups attached to an aromatic ring is 1. The van der Waals surface area contributed by atoms with Gasteiger partial charge in [0.15, 0.2) is 0 Å². The monoisotopic (exact) mass is 277 g/mol. The lowest BCUT2D eigenvalue weighted by Gasteiger charge is -2.38. The summed E-state index contributed by atoms with van der Waals surface area (Å²) in [6, 6.07) is 6.07. The average molecular weight is 277 g/mol. The molecule has 1 amide bonds. The van der Waals surface area contributed by atoms with Crippen molar-refractivity contribution >= 4 is 17.3 Å². The summed E-state index contributed by atoms with van der Waals surface area (Å²) in [6.45, 7) is 5.34. The second-order valence-corrected chi connectivity index (χ2v) is 5.37. The first-order chi connectivity index (χ1) is 9.51. The molecule has 1 heterocycles. The van der Waals surface area contributed by atoms with E-state index in [1.54, 1.807) is 0 Å². The molecule has 0 spiro atoms. The number of carbonyl (C=O) groups is 1. The summed E-state index contributed by atoms with van der Waals surface area (Å²) in [7, 11) is 0. The molecule has 1 saturated heterocycles. The number of rotatable bonds is 4. The number of nitrogens with two attached hydrogens (primary N) is 2. The minimum Gasteiger partial charge on any atom is -0.494 e. The number of benzene rings is 1. The number of nitrogens with zero attached hydrogens (tertiary/aromatic N) is 1. The minimum absolute atomic E-state index is 0.0943. The lowest BCUT2D eigenvalue weighted by Crippen LogP contribution is -2.45. The third-order valence-electron chi connectivity index (χ3n) is 3.84. The van der Waals surface area contributed by atoms with Crippen LogP contribution in [0.2, 0.25) is 0 Å². The maximum absolute atomic E-state index is 11.4. The second-order valence-electron chi connectivity index (χ2n) is 5.37. The molecule has 0 saturated carbocycles. The predicted octanol–water partition coefficient (Wildman–Crippen LogP) is 1.76. The van der Waals surface area contributed by atoms with E-state index < -0.39 is 0 Å².